The highest BCUT2D eigenvalue weighted by molar-refractivity contribution is 5.99. The highest BCUT2D eigenvalue weighted by Gasteiger charge is 2.34. The van der Waals surface area contributed by atoms with Crippen molar-refractivity contribution in [3.63, 3.8) is 0 Å². The number of carbonyl (C=O) groups excluding carboxylic acids is 1. The molecule has 0 saturated heterocycles. The smallest absolute Gasteiger partial charge is 0.334 e. The average Bonchev–Trinajstić information content (AvgIpc) is 2.73. The monoisotopic (exact) mass is 436 g/mol. The number of aromatic nitrogens is 2. The fraction of sp³-hybridized carbons (Fsp3) is 0.667. The summed E-state index contributed by atoms with van der Waals surface area (Å²) in [5.41, 5.74) is -2.29. The number of carboxylic acid groups (broad SMARTS) is 2. The zero-order valence-corrected chi connectivity index (χ0v) is 17.3. The first kappa shape index (κ1) is 22.8. The van der Waals surface area contributed by atoms with Crippen LogP contribution in [0.15, 0.2) is 9.59 Å². The summed E-state index contributed by atoms with van der Waals surface area (Å²) in [7, 11) is 0. The summed E-state index contributed by atoms with van der Waals surface area (Å²) in [6, 6.07) is -1.07. The number of hydrogen-bond donors (Lipinski definition) is 3. The molecule has 31 heavy (non-hydrogen) atoms. The van der Waals surface area contributed by atoms with Crippen LogP contribution in [0.4, 0.5) is 0 Å². The fourth-order valence-corrected chi connectivity index (χ4v) is 4.83. The third-order valence-corrected chi connectivity index (χ3v) is 6.44. The molecule has 170 valence electrons. The van der Waals surface area contributed by atoms with Crippen molar-refractivity contribution >= 4 is 17.7 Å². The normalized spacial score (nSPS) is 22.2. The predicted molar refractivity (Wildman–Crippen MR) is 109 cm³/mol. The molecule has 1 aromatic rings. The average molecular weight is 436 g/mol. The van der Waals surface area contributed by atoms with Crippen molar-refractivity contribution in [1.29, 1.82) is 0 Å². The first-order chi connectivity index (χ1) is 14.7. The maximum Gasteiger partial charge on any atom is 0.334 e. The van der Waals surface area contributed by atoms with Crippen LogP contribution in [0.5, 0.6) is 5.88 Å². The highest BCUT2D eigenvalue weighted by atomic mass is 16.4. The van der Waals surface area contributed by atoms with E-state index in [4.69, 9.17) is 5.11 Å². The standard InChI is InChI=1S/C21H28N2O8/c24-15(9-10-16(25)26)17-18(27)22(13-6-2-1-3-7-13)21(31)23(19(17)28)14-8-4-5-12(11-14)20(29)30/h12-14,27H,1-11H2,(H,25,26)(H,29,30). The summed E-state index contributed by atoms with van der Waals surface area (Å²) < 4.78 is 2.02. The summed E-state index contributed by atoms with van der Waals surface area (Å²) in [6.07, 6.45) is 4.34. The van der Waals surface area contributed by atoms with Gasteiger partial charge in [0.1, 0.15) is 5.56 Å². The van der Waals surface area contributed by atoms with E-state index in [1.54, 1.807) is 0 Å². The summed E-state index contributed by atoms with van der Waals surface area (Å²) in [6.45, 7) is 0. The number of aliphatic carboxylic acids is 2. The van der Waals surface area contributed by atoms with E-state index >= 15 is 0 Å². The van der Waals surface area contributed by atoms with Crippen LogP contribution >= 0.6 is 0 Å². The van der Waals surface area contributed by atoms with Crippen molar-refractivity contribution < 1.29 is 29.7 Å². The predicted octanol–water partition coefficient (Wildman–Crippen LogP) is 2.08. The Bertz CT molecular complexity index is 986. The fourth-order valence-electron chi connectivity index (χ4n) is 4.83. The van der Waals surface area contributed by atoms with Crippen molar-refractivity contribution in [3.8, 4) is 5.88 Å². The second-order valence-electron chi connectivity index (χ2n) is 8.49. The van der Waals surface area contributed by atoms with Gasteiger partial charge in [-0.2, -0.15) is 0 Å². The Balaban J connectivity index is 2.14. The molecule has 2 fully saturated rings. The lowest BCUT2D eigenvalue weighted by molar-refractivity contribution is -0.143. The number of rotatable bonds is 7. The summed E-state index contributed by atoms with van der Waals surface area (Å²) in [5.74, 6) is -4.46. The second kappa shape index (κ2) is 9.49. The topological polar surface area (TPSA) is 156 Å². The van der Waals surface area contributed by atoms with E-state index < -0.39 is 65.2 Å². The summed E-state index contributed by atoms with van der Waals surface area (Å²) in [5, 5.41) is 29.1. The highest BCUT2D eigenvalue weighted by Crippen LogP contribution is 2.34. The number of carbonyl (C=O) groups is 3. The van der Waals surface area contributed by atoms with E-state index in [1.165, 1.54) is 0 Å². The van der Waals surface area contributed by atoms with Crippen LogP contribution in [-0.2, 0) is 9.59 Å². The van der Waals surface area contributed by atoms with Crippen LogP contribution in [0.1, 0.15) is 93.1 Å². The van der Waals surface area contributed by atoms with Gasteiger partial charge in [-0.05, 0) is 32.1 Å². The van der Waals surface area contributed by atoms with Crippen LogP contribution in [-0.4, -0.2) is 42.2 Å². The Labute approximate surface area is 178 Å². The van der Waals surface area contributed by atoms with Crippen molar-refractivity contribution in [2.75, 3.05) is 0 Å². The lowest BCUT2D eigenvalue weighted by atomic mass is 9.85. The molecule has 10 nitrogen and oxygen atoms in total. The van der Waals surface area contributed by atoms with Crippen molar-refractivity contribution in [2.45, 2.75) is 82.7 Å². The molecule has 3 rings (SSSR count). The maximum absolute atomic E-state index is 13.3. The lowest BCUT2D eigenvalue weighted by Crippen LogP contribution is -2.47. The molecule has 2 atom stereocenters. The largest absolute Gasteiger partial charge is 0.494 e. The van der Waals surface area contributed by atoms with Gasteiger partial charge in [0.2, 0.25) is 5.88 Å². The molecule has 10 heteroatoms. The van der Waals surface area contributed by atoms with Crippen LogP contribution in [0.2, 0.25) is 0 Å². The third-order valence-electron chi connectivity index (χ3n) is 6.44. The maximum atomic E-state index is 13.3. The van der Waals surface area contributed by atoms with Crippen molar-refractivity contribution in [1.82, 2.24) is 9.13 Å². The third kappa shape index (κ3) is 4.72. The Morgan fingerprint density at radius 1 is 0.839 bits per heavy atom. The van der Waals surface area contributed by atoms with Gasteiger partial charge in [-0.15, -0.1) is 0 Å². The number of ketones is 1. The number of carboxylic acids is 2. The van der Waals surface area contributed by atoms with Gasteiger partial charge >= 0.3 is 17.6 Å². The Morgan fingerprint density at radius 3 is 2.10 bits per heavy atom. The molecule has 2 aliphatic rings. The summed E-state index contributed by atoms with van der Waals surface area (Å²) in [4.78, 5) is 61.6. The minimum Gasteiger partial charge on any atom is -0.494 e. The zero-order valence-electron chi connectivity index (χ0n) is 17.3. The minimum atomic E-state index is -1.22. The summed E-state index contributed by atoms with van der Waals surface area (Å²) >= 11 is 0. The molecule has 1 aromatic heterocycles. The molecule has 2 aliphatic carbocycles. The van der Waals surface area contributed by atoms with Gasteiger partial charge in [-0.3, -0.25) is 28.3 Å². The molecule has 0 amide bonds. The molecule has 0 spiro atoms. The molecule has 2 unspecified atom stereocenters. The first-order valence-electron chi connectivity index (χ1n) is 10.8. The lowest BCUT2D eigenvalue weighted by Gasteiger charge is -2.31. The van der Waals surface area contributed by atoms with E-state index in [0.717, 1.165) is 28.4 Å². The molecule has 0 bridgehead atoms. The quantitative estimate of drug-likeness (QED) is 0.549. The van der Waals surface area contributed by atoms with E-state index in [-0.39, 0.29) is 12.5 Å². The van der Waals surface area contributed by atoms with Gasteiger partial charge in [0.25, 0.3) is 5.56 Å². The van der Waals surface area contributed by atoms with Gasteiger partial charge < -0.3 is 15.3 Å². The Kier molecular flexibility index (Phi) is 6.97. The van der Waals surface area contributed by atoms with E-state index in [0.29, 0.717) is 32.1 Å². The second-order valence-corrected chi connectivity index (χ2v) is 8.49. The van der Waals surface area contributed by atoms with E-state index in [2.05, 4.69) is 0 Å². The number of aromatic hydroxyl groups is 1. The number of hydrogen-bond acceptors (Lipinski definition) is 6. The zero-order chi connectivity index (χ0) is 22.7. The SMILES string of the molecule is O=C(O)CCC(=O)c1c(O)n(C2CCCCC2)c(=O)n(C2CCCC(C(=O)O)C2)c1=O. The Hall–Kier alpha value is -2.91. The first-order valence-corrected chi connectivity index (χ1v) is 10.8. The van der Waals surface area contributed by atoms with Gasteiger partial charge in [0.05, 0.1) is 12.3 Å². The van der Waals surface area contributed by atoms with Crippen molar-refractivity contribution in [3.05, 3.63) is 26.4 Å². The molecular weight excluding hydrogens is 408 g/mol. The molecule has 3 N–H and O–H groups in total. The Morgan fingerprint density at radius 2 is 1.48 bits per heavy atom. The van der Waals surface area contributed by atoms with Gasteiger partial charge in [0.15, 0.2) is 5.78 Å². The molecular formula is C21H28N2O8. The van der Waals surface area contributed by atoms with Gasteiger partial charge in [0, 0.05) is 18.5 Å². The molecule has 0 aromatic carbocycles. The number of nitrogens with zero attached hydrogens (tertiary/aromatic N) is 2. The molecule has 0 radical (unpaired) electrons. The minimum absolute atomic E-state index is 0.0860. The van der Waals surface area contributed by atoms with Gasteiger partial charge in [-0.1, -0.05) is 25.7 Å². The van der Waals surface area contributed by atoms with Crippen LogP contribution < -0.4 is 11.2 Å². The van der Waals surface area contributed by atoms with Crippen LogP contribution in [0, 0.1) is 5.92 Å². The van der Waals surface area contributed by atoms with E-state index in [9.17, 15) is 34.2 Å². The molecule has 1 heterocycles. The number of Topliss-reactive ketones (excluding diaryl/α,β-unsaturated/α-hetero) is 1. The van der Waals surface area contributed by atoms with Crippen LogP contribution in [0.3, 0.4) is 0 Å². The van der Waals surface area contributed by atoms with Crippen LogP contribution in [0.25, 0.3) is 0 Å². The molecule has 2 saturated carbocycles. The van der Waals surface area contributed by atoms with E-state index in [1.807, 2.05) is 0 Å². The molecule has 0 aliphatic heterocycles. The van der Waals surface area contributed by atoms with Gasteiger partial charge in [-0.25, -0.2) is 4.79 Å². The van der Waals surface area contributed by atoms with Crippen molar-refractivity contribution in [2.24, 2.45) is 5.92 Å².